The van der Waals surface area contributed by atoms with Crippen LogP contribution in [0.15, 0.2) is 26.9 Å². The van der Waals surface area contributed by atoms with Crippen molar-refractivity contribution in [1.82, 2.24) is 0 Å². The average Bonchev–Trinajstić information content (AvgIpc) is 2.47. The molecule has 0 unspecified atom stereocenters. The maximum atomic E-state index is 13.5. The average molecular weight is 277 g/mol. The summed E-state index contributed by atoms with van der Waals surface area (Å²) in [5.41, 5.74) is 0. The number of thiophene rings is 1. The first-order chi connectivity index (χ1) is 6.22. The van der Waals surface area contributed by atoms with Crippen LogP contribution < -0.4 is 0 Å². The molecule has 0 bridgehead atoms. The van der Waals surface area contributed by atoms with Gasteiger partial charge in [0.15, 0.2) is 0 Å². The van der Waals surface area contributed by atoms with Gasteiger partial charge in [0.05, 0.1) is 0 Å². The lowest BCUT2D eigenvalue weighted by atomic mass is 10.2. The first-order valence-corrected chi connectivity index (χ1v) is 6.52. The number of benzene rings is 1. The van der Waals surface area contributed by atoms with Crippen LogP contribution in [0.5, 0.6) is 0 Å². The van der Waals surface area contributed by atoms with E-state index in [1.165, 1.54) is 6.07 Å². The molecule has 0 N–H and O–H groups in total. The van der Waals surface area contributed by atoms with Gasteiger partial charge in [-0.3, -0.25) is 0 Å². The highest BCUT2D eigenvalue weighted by Crippen LogP contribution is 2.35. The van der Waals surface area contributed by atoms with Crippen LogP contribution in [0, 0.1) is 5.82 Å². The molecule has 13 heavy (non-hydrogen) atoms. The van der Waals surface area contributed by atoms with E-state index in [4.69, 9.17) is 0 Å². The standard InChI is InChI=1S/C9H6BrFS2/c1-12-8-4-13-7-3-5(10)2-6(11)9(7)8/h2-4H,1H3. The molecule has 1 aromatic carbocycles. The van der Waals surface area contributed by atoms with Crippen molar-refractivity contribution in [1.29, 1.82) is 0 Å². The fourth-order valence-corrected chi connectivity index (χ4v) is 3.67. The summed E-state index contributed by atoms with van der Waals surface area (Å²) in [5, 5.41) is 2.74. The molecular weight excluding hydrogens is 271 g/mol. The topological polar surface area (TPSA) is 0 Å². The van der Waals surface area contributed by atoms with Crippen molar-refractivity contribution in [3.63, 3.8) is 0 Å². The monoisotopic (exact) mass is 276 g/mol. The summed E-state index contributed by atoms with van der Waals surface area (Å²) < 4.78 is 15.3. The van der Waals surface area contributed by atoms with Crippen LogP contribution in [0.3, 0.4) is 0 Å². The van der Waals surface area contributed by atoms with Crippen molar-refractivity contribution in [2.24, 2.45) is 0 Å². The molecule has 0 nitrogen and oxygen atoms in total. The van der Waals surface area contributed by atoms with Crippen molar-refractivity contribution >= 4 is 49.1 Å². The summed E-state index contributed by atoms with van der Waals surface area (Å²) >= 11 is 6.43. The summed E-state index contributed by atoms with van der Waals surface area (Å²) in [7, 11) is 0. The van der Waals surface area contributed by atoms with Gasteiger partial charge in [-0.05, 0) is 18.4 Å². The predicted octanol–water partition coefficient (Wildman–Crippen LogP) is 4.52. The van der Waals surface area contributed by atoms with Gasteiger partial charge in [0, 0.05) is 24.8 Å². The number of halogens is 2. The van der Waals surface area contributed by atoms with Gasteiger partial charge in [-0.2, -0.15) is 0 Å². The molecular formula is C9H6BrFS2. The molecule has 2 aromatic rings. The SMILES string of the molecule is CSc1csc2cc(Br)cc(F)c12. The Balaban J connectivity index is 2.82. The van der Waals surface area contributed by atoms with Crippen molar-refractivity contribution in [2.75, 3.05) is 6.26 Å². The van der Waals surface area contributed by atoms with Crippen LogP contribution in [0.1, 0.15) is 0 Å². The van der Waals surface area contributed by atoms with Crippen LogP contribution >= 0.6 is 39.0 Å². The minimum Gasteiger partial charge on any atom is -0.206 e. The van der Waals surface area contributed by atoms with Crippen molar-refractivity contribution in [3.8, 4) is 0 Å². The summed E-state index contributed by atoms with van der Waals surface area (Å²) in [6, 6.07) is 3.46. The smallest absolute Gasteiger partial charge is 0.134 e. The zero-order valence-corrected chi connectivity index (χ0v) is 10.0. The van der Waals surface area contributed by atoms with Crippen LogP contribution in [0.25, 0.3) is 10.1 Å². The number of hydrogen-bond acceptors (Lipinski definition) is 2. The molecule has 1 aromatic heterocycles. The zero-order chi connectivity index (χ0) is 9.42. The quantitative estimate of drug-likeness (QED) is 0.690. The van der Waals surface area contributed by atoms with Gasteiger partial charge in [-0.25, -0.2) is 4.39 Å². The summed E-state index contributed by atoms with van der Waals surface area (Å²) in [6.45, 7) is 0. The Morgan fingerprint density at radius 3 is 2.92 bits per heavy atom. The lowest BCUT2D eigenvalue weighted by Gasteiger charge is -1.97. The second kappa shape index (κ2) is 3.59. The fourth-order valence-electron chi connectivity index (χ4n) is 1.21. The van der Waals surface area contributed by atoms with Crippen molar-refractivity contribution < 1.29 is 4.39 Å². The Kier molecular flexibility index (Phi) is 2.62. The Morgan fingerprint density at radius 1 is 1.46 bits per heavy atom. The zero-order valence-electron chi connectivity index (χ0n) is 6.80. The minimum atomic E-state index is -0.144. The molecule has 0 radical (unpaired) electrons. The van der Waals surface area contributed by atoms with Crippen LogP contribution in [-0.2, 0) is 0 Å². The Hall–Kier alpha value is -0.0600. The largest absolute Gasteiger partial charge is 0.206 e. The minimum absolute atomic E-state index is 0.144. The van der Waals surface area contributed by atoms with E-state index in [9.17, 15) is 4.39 Å². The van der Waals surface area contributed by atoms with E-state index in [0.29, 0.717) is 0 Å². The predicted molar refractivity (Wildman–Crippen MR) is 61.3 cm³/mol. The first-order valence-electron chi connectivity index (χ1n) is 3.62. The van der Waals surface area contributed by atoms with Gasteiger partial charge >= 0.3 is 0 Å². The maximum Gasteiger partial charge on any atom is 0.134 e. The van der Waals surface area contributed by atoms with Crippen LogP contribution in [0.2, 0.25) is 0 Å². The molecule has 0 aliphatic rings. The van der Waals surface area contributed by atoms with Crippen LogP contribution in [0.4, 0.5) is 4.39 Å². The van der Waals surface area contributed by atoms with E-state index in [-0.39, 0.29) is 5.82 Å². The lowest BCUT2D eigenvalue weighted by molar-refractivity contribution is 0.638. The number of fused-ring (bicyclic) bond motifs is 1. The Labute approximate surface area is 92.3 Å². The third-order valence-corrected chi connectivity index (χ3v) is 4.08. The second-order valence-corrected chi connectivity index (χ2v) is 5.24. The third-order valence-electron chi connectivity index (χ3n) is 1.78. The third kappa shape index (κ3) is 1.63. The molecule has 1 heterocycles. The van der Waals surface area contributed by atoms with Gasteiger partial charge in [-0.15, -0.1) is 23.1 Å². The molecule has 0 amide bonds. The highest BCUT2D eigenvalue weighted by Gasteiger charge is 2.09. The molecule has 0 spiro atoms. The summed E-state index contributed by atoms with van der Waals surface area (Å²) in [4.78, 5) is 1.02. The van der Waals surface area contributed by atoms with E-state index in [1.807, 2.05) is 17.7 Å². The second-order valence-electron chi connectivity index (χ2n) is 2.56. The molecule has 68 valence electrons. The maximum absolute atomic E-state index is 13.5. The van der Waals surface area contributed by atoms with E-state index < -0.39 is 0 Å². The van der Waals surface area contributed by atoms with Gasteiger partial charge < -0.3 is 0 Å². The van der Waals surface area contributed by atoms with Gasteiger partial charge in [-0.1, -0.05) is 15.9 Å². The first kappa shape index (κ1) is 9.49. The molecule has 4 heteroatoms. The van der Waals surface area contributed by atoms with Crippen molar-refractivity contribution in [2.45, 2.75) is 4.90 Å². The molecule has 2 rings (SSSR count). The van der Waals surface area contributed by atoms with Gasteiger partial charge in [0.2, 0.25) is 0 Å². The number of rotatable bonds is 1. The van der Waals surface area contributed by atoms with E-state index in [0.717, 1.165) is 19.5 Å². The lowest BCUT2D eigenvalue weighted by Crippen LogP contribution is -1.76. The normalized spacial score (nSPS) is 11.0. The molecule has 0 saturated heterocycles. The number of thioether (sulfide) groups is 1. The Bertz CT molecular complexity index is 450. The highest BCUT2D eigenvalue weighted by atomic mass is 79.9. The molecule has 0 aliphatic heterocycles. The van der Waals surface area contributed by atoms with Gasteiger partial charge in [0.1, 0.15) is 5.82 Å². The fraction of sp³-hybridized carbons (Fsp3) is 0.111. The van der Waals surface area contributed by atoms with E-state index in [1.54, 1.807) is 23.1 Å². The van der Waals surface area contributed by atoms with Gasteiger partial charge in [0.25, 0.3) is 0 Å². The van der Waals surface area contributed by atoms with Crippen molar-refractivity contribution in [3.05, 3.63) is 27.8 Å². The molecule has 0 atom stereocenters. The highest BCUT2D eigenvalue weighted by molar-refractivity contribution is 9.10. The summed E-state index contributed by atoms with van der Waals surface area (Å²) in [6.07, 6.45) is 1.96. The van der Waals surface area contributed by atoms with Crippen LogP contribution in [-0.4, -0.2) is 6.26 Å². The van der Waals surface area contributed by atoms with E-state index in [2.05, 4.69) is 15.9 Å². The molecule has 0 fully saturated rings. The summed E-state index contributed by atoms with van der Waals surface area (Å²) in [5.74, 6) is -0.144. The van der Waals surface area contributed by atoms with E-state index >= 15 is 0 Å². The Morgan fingerprint density at radius 2 is 2.23 bits per heavy atom. The molecule has 0 saturated carbocycles. The molecule has 0 aliphatic carbocycles. The number of hydrogen-bond donors (Lipinski definition) is 0.